The number of halogens is 1. The maximum Gasteiger partial charge on any atom is 0.338 e. The van der Waals surface area contributed by atoms with Crippen molar-refractivity contribution in [2.45, 2.75) is 26.3 Å². The van der Waals surface area contributed by atoms with Gasteiger partial charge in [0.1, 0.15) is 10.7 Å². The molecule has 6 nitrogen and oxygen atoms in total. The summed E-state index contributed by atoms with van der Waals surface area (Å²) in [6, 6.07) is 15.4. The molecule has 150 valence electrons. The quantitative estimate of drug-likeness (QED) is 0.551. The summed E-state index contributed by atoms with van der Waals surface area (Å²) in [5.74, 6) is -1.72. The first kappa shape index (κ1) is 20.6. The first-order chi connectivity index (χ1) is 13.9. The summed E-state index contributed by atoms with van der Waals surface area (Å²) in [5.41, 5.74) is 1.50. The van der Waals surface area contributed by atoms with Crippen molar-refractivity contribution in [1.29, 1.82) is 0 Å². The third-order valence-electron chi connectivity index (χ3n) is 4.47. The number of carbonyl (C=O) groups is 3. The van der Waals surface area contributed by atoms with Gasteiger partial charge in [-0.05, 0) is 37.1 Å². The van der Waals surface area contributed by atoms with Crippen molar-refractivity contribution in [2.75, 3.05) is 11.5 Å². The second kappa shape index (κ2) is 8.92. The molecule has 1 heterocycles. The van der Waals surface area contributed by atoms with Crippen LogP contribution in [0, 0.1) is 0 Å². The van der Waals surface area contributed by atoms with Crippen LogP contribution in [0.2, 0.25) is 0 Å². The van der Waals surface area contributed by atoms with Gasteiger partial charge in [-0.25, -0.2) is 9.69 Å². The fourth-order valence-electron chi connectivity index (χ4n) is 2.95. The zero-order valence-corrected chi connectivity index (χ0v) is 16.9. The Bertz CT molecular complexity index is 972. The maximum absolute atomic E-state index is 12.9. The predicted octanol–water partition coefficient (Wildman–Crippen LogP) is 3.93. The average Bonchev–Trinajstić information content (AvgIpc) is 2.95. The molecule has 3 rings (SSSR count). The van der Waals surface area contributed by atoms with E-state index in [0.29, 0.717) is 13.0 Å². The Morgan fingerprint density at radius 1 is 1.10 bits per heavy atom. The fraction of sp³-hybridized carbons (Fsp3) is 0.227. The third kappa shape index (κ3) is 4.32. The van der Waals surface area contributed by atoms with Crippen molar-refractivity contribution in [1.82, 2.24) is 5.32 Å². The molecule has 0 spiro atoms. The van der Waals surface area contributed by atoms with Crippen LogP contribution >= 0.6 is 11.6 Å². The number of anilines is 1. The Kier molecular flexibility index (Phi) is 6.34. The van der Waals surface area contributed by atoms with Crippen LogP contribution in [-0.4, -0.2) is 24.4 Å². The first-order valence-electron chi connectivity index (χ1n) is 9.31. The molecule has 0 saturated heterocycles. The Hall–Kier alpha value is -3.12. The minimum Gasteiger partial charge on any atom is -0.462 e. The molecular formula is C22H21ClN2O4. The highest BCUT2D eigenvalue weighted by molar-refractivity contribution is 6.52. The zero-order valence-electron chi connectivity index (χ0n) is 16.1. The van der Waals surface area contributed by atoms with Crippen molar-refractivity contribution >= 4 is 35.1 Å². The van der Waals surface area contributed by atoms with Crippen LogP contribution in [0.4, 0.5) is 5.69 Å². The predicted molar refractivity (Wildman–Crippen MR) is 110 cm³/mol. The lowest BCUT2D eigenvalue weighted by atomic mass is 10.1. The lowest BCUT2D eigenvalue weighted by molar-refractivity contribution is -0.120. The topological polar surface area (TPSA) is 75.7 Å². The number of ether oxygens (including phenoxy) is 1. The third-order valence-corrected chi connectivity index (χ3v) is 4.82. The van der Waals surface area contributed by atoms with Crippen LogP contribution in [0.3, 0.4) is 0 Å². The van der Waals surface area contributed by atoms with Gasteiger partial charge in [0.05, 0.1) is 17.9 Å². The van der Waals surface area contributed by atoms with Crippen LogP contribution in [-0.2, 0) is 14.3 Å². The van der Waals surface area contributed by atoms with Crippen LogP contribution in [0.15, 0.2) is 65.3 Å². The van der Waals surface area contributed by atoms with Gasteiger partial charge >= 0.3 is 5.97 Å². The number of benzene rings is 2. The van der Waals surface area contributed by atoms with E-state index in [2.05, 4.69) is 5.32 Å². The number of esters is 1. The van der Waals surface area contributed by atoms with E-state index in [-0.39, 0.29) is 28.0 Å². The number of nitrogens with one attached hydrogen (secondary N) is 1. The van der Waals surface area contributed by atoms with E-state index in [0.717, 1.165) is 10.5 Å². The molecule has 0 bridgehead atoms. The molecule has 0 saturated carbocycles. The second-order valence-electron chi connectivity index (χ2n) is 6.60. The molecule has 1 unspecified atom stereocenters. The highest BCUT2D eigenvalue weighted by atomic mass is 35.5. The van der Waals surface area contributed by atoms with E-state index in [9.17, 15) is 14.4 Å². The lowest BCUT2D eigenvalue weighted by Crippen LogP contribution is -2.34. The van der Waals surface area contributed by atoms with E-state index >= 15 is 0 Å². The van der Waals surface area contributed by atoms with Crippen molar-refractivity contribution in [3.05, 3.63) is 76.5 Å². The van der Waals surface area contributed by atoms with Crippen molar-refractivity contribution in [3.63, 3.8) is 0 Å². The van der Waals surface area contributed by atoms with E-state index in [4.69, 9.17) is 16.3 Å². The smallest absolute Gasteiger partial charge is 0.338 e. The van der Waals surface area contributed by atoms with Gasteiger partial charge in [0, 0.05) is 6.04 Å². The summed E-state index contributed by atoms with van der Waals surface area (Å²) in [6.45, 7) is 4.06. The summed E-state index contributed by atoms with van der Waals surface area (Å²) in [6.07, 6.45) is 0.697. The standard InChI is InChI=1S/C22H21ClN2O4/c1-3-12-29-22(28)16-10-7-11-17(13-16)25-20(26)18(23)19(21(25)27)24-14(2)15-8-5-4-6-9-15/h4-11,13-14,24H,3,12H2,1-2H3. The van der Waals surface area contributed by atoms with E-state index < -0.39 is 17.8 Å². The Labute approximate surface area is 174 Å². The molecule has 1 N–H and O–H groups in total. The number of nitrogens with zero attached hydrogens (tertiary/aromatic N) is 1. The van der Waals surface area contributed by atoms with Crippen molar-refractivity contribution in [3.8, 4) is 0 Å². The molecular weight excluding hydrogens is 392 g/mol. The van der Waals surface area contributed by atoms with Gasteiger partial charge in [0.2, 0.25) is 0 Å². The number of amides is 2. The van der Waals surface area contributed by atoms with Crippen LogP contribution in [0.1, 0.15) is 42.2 Å². The first-order valence-corrected chi connectivity index (χ1v) is 9.69. The van der Waals surface area contributed by atoms with Gasteiger partial charge in [0.25, 0.3) is 11.8 Å². The number of hydrogen-bond donors (Lipinski definition) is 1. The number of imide groups is 1. The fourth-order valence-corrected chi connectivity index (χ4v) is 3.17. The monoisotopic (exact) mass is 412 g/mol. The van der Waals surface area contributed by atoms with Crippen LogP contribution < -0.4 is 10.2 Å². The molecule has 29 heavy (non-hydrogen) atoms. The highest BCUT2D eigenvalue weighted by Gasteiger charge is 2.39. The molecule has 1 aliphatic heterocycles. The van der Waals surface area contributed by atoms with Gasteiger partial charge in [-0.1, -0.05) is 54.9 Å². The van der Waals surface area contributed by atoms with Gasteiger partial charge < -0.3 is 10.1 Å². The summed E-state index contributed by atoms with van der Waals surface area (Å²) in [4.78, 5) is 38.7. The molecule has 0 aromatic heterocycles. The van der Waals surface area contributed by atoms with E-state index in [1.54, 1.807) is 18.2 Å². The van der Waals surface area contributed by atoms with Crippen LogP contribution in [0.5, 0.6) is 0 Å². The average molecular weight is 413 g/mol. The molecule has 2 amide bonds. The number of hydrogen-bond acceptors (Lipinski definition) is 5. The largest absolute Gasteiger partial charge is 0.462 e. The second-order valence-corrected chi connectivity index (χ2v) is 6.98. The Morgan fingerprint density at radius 3 is 2.52 bits per heavy atom. The molecule has 1 atom stereocenters. The molecule has 2 aromatic rings. The molecule has 1 aliphatic rings. The summed E-state index contributed by atoms with van der Waals surface area (Å²) < 4.78 is 5.12. The molecule has 7 heteroatoms. The molecule has 2 aromatic carbocycles. The SMILES string of the molecule is CCCOC(=O)c1cccc(N2C(=O)C(Cl)=C(NC(C)c3ccccc3)C2=O)c1. The van der Waals surface area contributed by atoms with Gasteiger partial charge in [-0.3, -0.25) is 9.59 Å². The summed E-state index contributed by atoms with van der Waals surface area (Å²) in [7, 11) is 0. The molecule has 0 fully saturated rings. The summed E-state index contributed by atoms with van der Waals surface area (Å²) >= 11 is 6.18. The Morgan fingerprint density at radius 2 is 1.83 bits per heavy atom. The van der Waals surface area contributed by atoms with E-state index in [1.165, 1.54) is 6.07 Å². The summed E-state index contributed by atoms with van der Waals surface area (Å²) in [5, 5.41) is 2.85. The lowest BCUT2D eigenvalue weighted by Gasteiger charge is -2.18. The van der Waals surface area contributed by atoms with Gasteiger partial charge in [0.15, 0.2) is 0 Å². The zero-order chi connectivity index (χ0) is 21.0. The molecule has 0 radical (unpaired) electrons. The van der Waals surface area contributed by atoms with Crippen molar-refractivity contribution in [2.24, 2.45) is 0 Å². The minimum atomic E-state index is -0.640. The molecule has 0 aliphatic carbocycles. The van der Waals surface area contributed by atoms with Crippen molar-refractivity contribution < 1.29 is 19.1 Å². The number of carbonyl (C=O) groups excluding carboxylic acids is 3. The van der Waals surface area contributed by atoms with Gasteiger partial charge in [-0.2, -0.15) is 0 Å². The van der Waals surface area contributed by atoms with Crippen LogP contribution in [0.25, 0.3) is 0 Å². The number of rotatable bonds is 7. The normalized spacial score (nSPS) is 14.9. The van der Waals surface area contributed by atoms with E-state index in [1.807, 2.05) is 44.2 Å². The Balaban J connectivity index is 1.82. The van der Waals surface area contributed by atoms with Gasteiger partial charge in [-0.15, -0.1) is 0 Å². The highest BCUT2D eigenvalue weighted by Crippen LogP contribution is 2.30. The maximum atomic E-state index is 12.9. The minimum absolute atomic E-state index is 0.0342.